The Morgan fingerprint density at radius 3 is 2.09 bits per heavy atom. The van der Waals surface area contributed by atoms with Crippen LogP contribution in [0.2, 0.25) is 0 Å². The molecule has 0 radical (unpaired) electrons. The van der Waals surface area contributed by atoms with E-state index in [1.165, 1.54) is 0 Å². The molecule has 4 rings (SSSR count). The molecule has 0 aliphatic rings. The molecule has 3 amide bonds. The number of nitrogens with one attached hydrogen (secondary N) is 4. The summed E-state index contributed by atoms with van der Waals surface area (Å²) in [5.74, 6) is -0.989. The first-order valence-electron chi connectivity index (χ1n) is 10.8. The van der Waals surface area contributed by atoms with Gasteiger partial charge in [-0.15, -0.1) is 0 Å². The monoisotopic (exact) mass is 482 g/mol. The molecule has 0 saturated heterocycles. The van der Waals surface area contributed by atoms with Crippen LogP contribution in [0.4, 0.5) is 5.69 Å². The Labute approximate surface area is 207 Å². The number of hydrogen-bond donors (Lipinski definition) is 4. The van der Waals surface area contributed by atoms with Gasteiger partial charge in [-0.3, -0.25) is 25.2 Å². The van der Waals surface area contributed by atoms with E-state index in [0.29, 0.717) is 16.8 Å². The van der Waals surface area contributed by atoms with Crippen molar-refractivity contribution < 1.29 is 14.4 Å². The molecule has 174 valence electrons. The van der Waals surface area contributed by atoms with Gasteiger partial charge >= 0.3 is 0 Å². The number of benzene rings is 4. The highest BCUT2D eigenvalue weighted by molar-refractivity contribution is 7.80. The zero-order chi connectivity index (χ0) is 24.6. The second-order valence-corrected chi connectivity index (χ2v) is 8.08. The van der Waals surface area contributed by atoms with Crippen molar-refractivity contribution in [2.45, 2.75) is 6.42 Å². The lowest BCUT2D eigenvalue weighted by Crippen LogP contribution is -2.48. The third kappa shape index (κ3) is 6.27. The summed E-state index contributed by atoms with van der Waals surface area (Å²) >= 11 is 5.12. The fraction of sp³-hybridized carbons (Fsp3) is 0.0370. The highest BCUT2D eigenvalue weighted by Gasteiger charge is 2.11. The number of fused-ring (bicyclic) bond motifs is 1. The Balaban J connectivity index is 1.26. The van der Waals surface area contributed by atoms with Gasteiger partial charge < -0.3 is 10.6 Å². The molecule has 4 N–H and O–H groups in total. The van der Waals surface area contributed by atoms with Crippen LogP contribution >= 0.6 is 12.2 Å². The largest absolute Gasteiger partial charge is 0.322 e. The number of rotatable bonds is 5. The molecule has 7 nitrogen and oxygen atoms in total. The minimum Gasteiger partial charge on any atom is -0.322 e. The van der Waals surface area contributed by atoms with Crippen LogP contribution in [-0.4, -0.2) is 22.8 Å². The molecule has 0 unspecified atom stereocenters. The van der Waals surface area contributed by atoms with Gasteiger partial charge in [-0.25, -0.2) is 0 Å². The van der Waals surface area contributed by atoms with Gasteiger partial charge in [0.05, 0.1) is 6.42 Å². The van der Waals surface area contributed by atoms with E-state index < -0.39 is 5.91 Å². The van der Waals surface area contributed by atoms with Gasteiger partial charge in [0.1, 0.15) is 0 Å². The van der Waals surface area contributed by atoms with E-state index in [9.17, 15) is 14.4 Å². The molecule has 0 aromatic heterocycles. The predicted molar refractivity (Wildman–Crippen MR) is 140 cm³/mol. The van der Waals surface area contributed by atoms with Crippen molar-refractivity contribution in [1.82, 2.24) is 16.2 Å². The minimum absolute atomic E-state index is 0.0182. The van der Waals surface area contributed by atoms with Crippen LogP contribution in [0.5, 0.6) is 0 Å². The number of carbonyl (C=O) groups is 3. The number of anilines is 1. The van der Waals surface area contributed by atoms with Crippen LogP contribution in [0.15, 0.2) is 97.1 Å². The van der Waals surface area contributed by atoms with Crippen LogP contribution < -0.4 is 21.5 Å². The molecule has 8 heteroatoms. The molecule has 0 aliphatic carbocycles. The average molecular weight is 483 g/mol. The van der Waals surface area contributed by atoms with E-state index in [0.717, 1.165) is 16.3 Å². The van der Waals surface area contributed by atoms with Crippen molar-refractivity contribution in [2.24, 2.45) is 0 Å². The molecule has 0 spiro atoms. The normalized spacial score (nSPS) is 10.3. The first kappa shape index (κ1) is 23.6. The quantitative estimate of drug-likeness (QED) is 0.255. The summed E-state index contributed by atoms with van der Waals surface area (Å²) in [6.07, 6.45) is 0.146. The van der Waals surface area contributed by atoms with Gasteiger partial charge in [-0.05, 0) is 65.0 Å². The zero-order valence-corrected chi connectivity index (χ0v) is 19.4. The lowest BCUT2D eigenvalue weighted by molar-refractivity contribution is -0.119. The highest BCUT2D eigenvalue weighted by Crippen LogP contribution is 2.18. The first-order valence-corrected chi connectivity index (χ1v) is 11.2. The van der Waals surface area contributed by atoms with Gasteiger partial charge in [0.25, 0.3) is 11.8 Å². The zero-order valence-electron chi connectivity index (χ0n) is 18.6. The van der Waals surface area contributed by atoms with Crippen molar-refractivity contribution in [3.63, 3.8) is 0 Å². The molecule has 0 heterocycles. The van der Waals surface area contributed by atoms with Crippen molar-refractivity contribution in [3.8, 4) is 0 Å². The molecule has 4 aromatic rings. The number of hydrazine groups is 1. The molecule has 4 aromatic carbocycles. The van der Waals surface area contributed by atoms with Gasteiger partial charge in [0.15, 0.2) is 5.11 Å². The van der Waals surface area contributed by atoms with Gasteiger partial charge in [0.2, 0.25) is 5.91 Å². The van der Waals surface area contributed by atoms with Crippen LogP contribution in [0.3, 0.4) is 0 Å². The number of hydrogen-bond acceptors (Lipinski definition) is 4. The van der Waals surface area contributed by atoms with Crippen molar-refractivity contribution in [3.05, 3.63) is 114 Å². The van der Waals surface area contributed by atoms with Gasteiger partial charge in [-0.2, -0.15) is 0 Å². The highest BCUT2D eigenvalue weighted by atomic mass is 32.1. The van der Waals surface area contributed by atoms with Gasteiger partial charge in [-0.1, -0.05) is 60.7 Å². The van der Waals surface area contributed by atoms with E-state index in [2.05, 4.69) is 21.5 Å². The maximum absolute atomic E-state index is 12.4. The van der Waals surface area contributed by atoms with Crippen molar-refractivity contribution in [1.29, 1.82) is 0 Å². The molecule has 0 aliphatic heterocycles. The lowest BCUT2D eigenvalue weighted by atomic mass is 10.0. The Morgan fingerprint density at radius 2 is 1.31 bits per heavy atom. The summed E-state index contributed by atoms with van der Waals surface area (Å²) in [5, 5.41) is 7.37. The summed E-state index contributed by atoms with van der Waals surface area (Å²) < 4.78 is 0. The van der Waals surface area contributed by atoms with Gasteiger partial charge in [0, 0.05) is 16.8 Å². The first-order chi connectivity index (χ1) is 17.0. The third-order valence-electron chi connectivity index (χ3n) is 5.21. The van der Waals surface area contributed by atoms with E-state index in [1.807, 2.05) is 48.5 Å². The van der Waals surface area contributed by atoms with E-state index in [1.54, 1.807) is 48.5 Å². The Hall–Kier alpha value is -4.56. The number of carbonyl (C=O) groups excluding carboxylic acids is 3. The summed E-state index contributed by atoms with van der Waals surface area (Å²) in [4.78, 5) is 37.0. The molecule has 0 bridgehead atoms. The Kier molecular flexibility index (Phi) is 7.44. The van der Waals surface area contributed by atoms with Crippen LogP contribution in [-0.2, 0) is 11.2 Å². The summed E-state index contributed by atoms with van der Waals surface area (Å²) in [7, 11) is 0. The standard InChI is InChI=1S/C27H22N4O3S/c32-24(17-21-11-6-10-18-7-4-5-12-23(18)21)29-27(35)31-30-26(34)20-13-15-22(16-14-20)28-25(33)19-8-2-1-3-9-19/h1-16H,17H2,(H,28,33)(H,30,34)(H2,29,31,32,35). The number of thiocarbonyl (C=S) groups is 1. The maximum atomic E-state index is 12.4. The van der Waals surface area contributed by atoms with Crippen LogP contribution in [0.25, 0.3) is 10.8 Å². The molecular weight excluding hydrogens is 460 g/mol. The fourth-order valence-corrected chi connectivity index (χ4v) is 3.67. The second kappa shape index (κ2) is 11.0. The SMILES string of the molecule is O=C(Cc1cccc2ccccc12)NC(=S)NNC(=O)c1ccc(NC(=O)c2ccccc2)cc1. The van der Waals surface area contributed by atoms with Crippen LogP contribution in [0.1, 0.15) is 26.3 Å². The predicted octanol–water partition coefficient (Wildman–Crippen LogP) is 3.97. The smallest absolute Gasteiger partial charge is 0.269 e. The maximum Gasteiger partial charge on any atom is 0.269 e. The van der Waals surface area contributed by atoms with Crippen molar-refractivity contribution in [2.75, 3.05) is 5.32 Å². The topological polar surface area (TPSA) is 99.3 Å². The Morgan fingerprint density at radius 1 is 0.657 bits per heavy atom. The third-order valence-corrected chi connectivity index (χ3v) is 5.42. The van der Waals surface area contributed by atoms with Crippen molar-refractivity contribution >= 4 is 51.5 Å². The van der Waals surface area contributed by atoms with E-state index in [-0.39, 0.29) is 23.3 Å². The van der Waals surface area contributed by atoms with E-state index >= 15 is 0 Å². The average Bonchev–Trinajstić information content (AvgIpc) is 2.88. The summed E-state index contributed by atoms with van der Waals surface area (Å²) in [6, 6.07) is 28.8. The molecule has 0 atom stereocenters. The summed E-state index contributed by atoms with van der Waals surface area (Å²) in [5.41, 5.74) is 7.31. The van der Waals surface area contributed by atoms with E-state index in [4.69, 9.17) is 12.2 Å². The minimum atomic E-state index is -0.448. The van der Waals surface area contributed by atoms with Crippen LogP contribution in [0, 0.1) is 0 Å². The number of amides is 3. The Bertz CT molecular complexity index is 1380. The summed E-state index contributed by atoms with van der Waals surface area (Å²) in [6.45, 7) is 0. The molecule has 35 heavy (non-hydrogen) atoms. The second-order valence-electron chi connectivity index (χ2n) is 7.67. The molecule has 0 saturated carbocycles. The fourth-order valence-electron chi connectivity index (χ4n) is 3.51. The molecular formula is C27H22N4O3S. The lowest BCUT2D eigenvalue weighted by Gasteiger charge is -2.12. The molecule has 0 fully saturated rings.